The lowest BCUT2D eigenvalue weighted by Gasteiger charge is -1.90. The van der Waals surface area contributed by atoms with Crippen LogP contribution in [-0.4, -0.2) is 12.1 Å². The minimum absolute atomic E-state index is 0.233. The van der Waals surface area contributed by atoms with Crippen molar-refractivity contribution >= 4 is 12.1 Å². The summed E-state index contributed by atoms with van der Waals surface area (Å²) in [7, 11) is 0. The van der Waals surface area contributed by atoms with Crippen LogP contribution in [0, 0.1) is 11.8 Å². The molecule has 1 fully saturated rings. The number of rotatable bonds is 4. The molecule has 0 aromatic carbocycles. The van der Waals surface area contributed by atoms with Gasteiger partial charge in [-0.25, -0.2) is 0 Å². The second kappa shape index (κ2) is 2.95. The third-order valence-corrected chi connectivity index (χ3v) is 2.02. The van der Waals surface area contributed by atoms with E-state index in [1.54, 1.807) is 6.92 Å². The van der Waals surface area contributed by atoms with Crippen LogP contribution in [0.3, 0.4) is 0 Å². The first-order valence-corrected chi connectivity index (χ1v) is 3.68. The lowest BCUT2D eigenvalue weighted by atomic mass is 10.1. The Morgan fingerprint density at radius 1 is 1.70 bits per heavy atom. The van der Waals surface area contributed by atoms with Crippen molar-refractivity contribution in [2.24, 2.45) is 11.8 Å². The smallest absolute Gasteiger partial charge is 0.129 e. The van der Waals surface area contributed by atoms with E-state index < -0.39 is 0 Å². The normalized spacial score (nSPS) is 29.7. The Labute approximate surface area is 60.6 Å². The Kier molecular flexibility index (Phi) is 2.20. The van der Waals surface area contributed by atoms with E-state index in [2.05, 4.69) is 0 Å². The van der Waals surface area contributed by atoms with E-state index in [0.717, 1.165) is 19.1 Å². The summed E-state index contributed by atoms with van der Waals surface area (Å²) in [6.07, 6.45) is 3.58. The summed E-state index contributed by atoms with van der Waals surface area (Å²) in [5.74, 6) is 1.04. The Hall–Kier alpha value is -0.660. The van der Waals surface area contributed by atoms with Crippen molar-refractivity contribution in [1.29, 1.82) is 0 Å². The van der Waals surface area contributed by atoms with Crippen molar-refractivity contribution in [2.75, 3.05) is 0 Å². The fourth-order valence-corrected chi connectivity index (χ4v) is 1.16. The van der Waals surface area contributed by atoms with E-state index >= 15 is 0 Å². The van der Waals surface area contributed by atoms with Gasteiger partial charge < -0.3 is 9.59 Å². The molecule has 0 heterocycles. The molecule has 0 aromatic heterocycles. The van der Waals surface area contributed by atoms with Crippen LogP contribution < -0.4 is 0 Å². The predicted molar refractivity (Wildman–Crippen MR) is 37.6 cm³/mol. The lowest BCUT2D eigenvalue weighted by Crippen LogP contribution is -1.91. The molecule has 0 aliphatic heterocycles. The highest BCUT2D eigenvalue weighted by Crippen LogP contribution is 2.40. The number of hydrogen-bond acceptors (Lipinski definition) is 2. The molecule has 2 unspecified atom stereocenters. The van der Waals surface area contributed by atoms with Gasteiger partial charge in [-0.3, -0.25) is 0 Å². The fourth-order valence-electron chi connectivity index (χ4n) is 1.16. The third-order valence-electron chi connectivity index (χ3n) is 2.02. The Balaban J connectivity index is 2.07. The first-order chi connectivity index (χ1) is 4.74. The van der Waals surface area contributed by atoms with Gasteiger partial charge >= 0.3 is 0 Å². The van der Waals surface area contributed by atoms with Crippen LogP contribution in [0.25, 0.3) is 0 Å². The molecule has 0 N–H and O–H groups in total. The number of ketones is 1. The van der Waals surface area contributed by atoms with Gasteiger partial charge in [0.15, 0.2) is 0 Å². The van der Waals surface area contributed by atoms with E-state index in [0.29, 0.717) is 12.3 Å². The number of carbonyl (C=O) groups is 2. The van der Waals surface area contributed by atoms with Crippen LogP contribution in [0.5, 0.6) is 0 Å². The summed E-state index contributed by atoms with van der Waals surface area (Å²) in [5.41, 5.74) is 0. The first-order valence-electron chi connectivity index (χ1n) is 3.68. The van der Waals surface area contributed by atoms with Gasteiger partial charge in [-0.2, -0.15) is 0 Å². The van der Waals surface area contributed by atoms with Crippen LogP contribution in [0.15, 0.2) is 0 Å². The molecule has 10 heavy (non-hydrogen) atoms. The minimum atomic E-state index is 0.233. The van der Waals surface area contributed by atoms with Gasteiger partial charge in [0, 0.05) is 12.3 Å². The maximum atomic E-state index is 10.5. The average Bonchev–Trinajstić information content (AvgIpc) is 2.61. The highest BCUT2D eigenvalue weighted by Gasteiger charge is 2.35. The minimum Gasteiger partial charge on any atom is -0.303 e. The molecule has 1 saturated carbocycles. The van der Waals surface area contributed by atoms with Gasteiger partial charge in [-0.05, 0) is 25.7 Å². The monoisotopic (exact) mass is 140 g/mol. The molecule has 0 bridgehead atoms. The highest BCUT2D eigenvalue weighted by molar-refractivity contribution is 5.75. The molecule has 2 nitrogen and oxygen atoms in total. The fraction of sp³-hybridized carbons (Fsp3) is 0.750. The molecule has 2 heteroatoms. The third kappa shape index (κ3) is 1.94. The van der Waals surface area contributed by atoms with Gasteiger partial charge in [-0.1, -0.05) is 0 Å². The molecule has 1 rings (SSSR count). The first kappa shape index (κ1) is 7.45. The SMILES string of the molecule is CC(=O)CCC1CC1C=O. The van der Waals surface area contributed by atoms with E-state index in [4.69, 9.17) is 0 Å². The van der Waals surface area contributed by atoms with Crippen LogP contribution in [-0.2, 0) is 9.59 Å². The average molecular weight is 140 g/mol. The predicted octanol–water partition coefficient (Wildman–Crippen LogP) is 1.19. The highest BCUT2D eigenvalue weighted by atomic mass is 16.1. The van der Waals surface area contributed by atoms with Crippen LogP contribution >= 0.6 is 0 Å². The van der Waals surface area contributed by atoms with E-state index in [1.807, 2.05) is 0 Å². The van der Waals surface area contributed by atoms with Gasteiger partial charge in [-0.15, -0.1) is 0 Å². The summed E-state index contributed by atoms with van der Waals surface area (Å²) in [6.45, 7) is 1.60. The number of hydrogen-bond donors (Lipinski definition) is 0. The molecule has 0 radical (unpaired) electrons. The molecule has 0 spiro atoms. The van der Waals surface area contributed by atoms with Crippen LogP contribution in [0.2, 0.25) is 0 Å². The number of carbonyl (C=O) groups excluding carboxylic acids is 2. The summed E-state index contributed by atoms with van der Waals surface area (Å²) in [4.78, 5) is 20.6. The molecular formula is C8H12O2. The van der Waals surface area contributed by atoms with E-state index in [-0.39, 0.29) is 11.7 Å². The zero-order chi connectivity index (χ0) is 7.56. The summed E-state index contributed by atoms with van der Waals surface area (Å²) in [5, 5.41) is 0. The standard InChI is InChI=1S/C8H12O2/c1-6(10)2-3-7-4-8(7)5-9/h5,7-8H,2-4H2,1H3. The van der Waals surface area contributed by atoms with Crippen molar-refractivity contribution < 1.29 is 9.59 Å². The quantitative estimate of drug-likeness (QED) is 0.550. The zero-order valence-electron chi connectivity index (χ0n) is 6.17. The van der Waals surface area contributed by atoms with Crippen LogP contribution in [0.1, 0.15) is 26.2 Å². The Morgan fingerprint density at radius 2 is 2.40 bits per heavy atom. The zero-order valence-corrected chi connectivity index (χ0v) is 6.17. The second-order valence-electron chi connectivity index (χ2n) is 3.04. The molecule has 0 amide bonds. The second-order valence-corrected chi connectivity index (χ2v) is 3.04. The van der Waals surface area contributed by atoms with Crippen molar-refractivity contribution in [3.8, 4) is 0 Å². The topological polar surface area (TPSA) is 34.1 Å². The maximum Gasteiger partial charge on any atom is 0.129 e. The number of Topliss-reactive ketones (excluding diaryl/α,β-unsaturated/α-hetero) is 1. The molecule has 0 aromatic rings. The molecule has 2 atom stereocenters. The lowest BCUT2D eigenvalue weighted by molar-refractivity contribution is -0.117. The summed E-state index contributed by atoms with van der Waals surface area (Å²) in [6, 6.07) is 0. The Bertz CT molecular complexity index is 151. The molecule has 0 saturated heterocycles. The van der Waals surface area contributed by atoms with Gasteiger partial charge in [0.1, 0.15) is 12.1 Å². The maximum absolute atomic E-state index is 10.5. The van der Waals surface area contributed by atoms with Crippen molar-refractivity contribution in [2.45, 2.75) is 26.2 Å². The molecule has 1 aliphatic carbocycles. The molecule has 1 aliphatic rings. The summed E-state index contributed by atoms with van der Waals surface area (Å²) < 4.78 is 0. The van der Waals surface area contributed by atoms with Crippen molar-refractivity contribution in [1.82, 2.24) is 0 Å². The van der Waals surface area contributed by atoms with Crippen molar-refractivity contribution in [3.63, 3.8) is 0 Å². The number of aldehydes is 1. The van der Waals surface area contributed by atoms with Crippen molar-refractivity contribution in [3.05, 3.63) is 0 Å². The largest absolute Gasteiger partial charge is 0.303 e. The Morgan fingerprint density at radius 3 is 2.80 bits per heavy atom. The van der Waals surface area contributed by atoms with Gasteiger partial charge in [0.2, 0.25) is 0 Å². The molecular weight excluding hydrogens is 128 g/mol. The molecule has 56 valence electrons. The van der Waals surface area contributed by atoms with Gasteiger partial charge in [0.25, 0.3) is 0 Å². The van der Waals surface area contributed by atoms with E-state index in [1.165, 1.54) is 0 Å². The van der Waals surface area contributed by atoms with Crippen LogP contribution in [0.4, 0.5) is 0 Å². The van der Waals surface area contributed by atoms with E-state index in [9.17, 15) is 9.59 Å². The van der Waals surface area contributed by atoms with Gasteiger partial charge in [0.05, 0.1) is 0 Å². The summed E-state index contributed by atoms with van der Waals surface area (Å²) >= 11 is 0.